The Morgan fingerprint density at radius 3 is 2.86 bits per heavy atom. The van der Waals surface area contributed by atoms with Crippen LogP contribution in [0.1, 0.15) is 30.2 Å². The molecule has 0 aliphatic carbocycles. The third-order valence-electron chi connectivity index (χ3n) is 3.54. The van der Waals surface area contributed by atoms with E-state index in [2.05, 4.69) is 15.5 Å². The highest BCUT2D eigenvalue weighted by molar-refractivity contribution is 5.55. The first-order valence-electron chi connectivity index (χ1n) is 6.76. The first-order chi connectivity index (χ1) is 10.0. The Labute approximate surface area is 119 Å². The van der Waals surface area contributed by atoms with E-state index >= 15 is 0 Å². The molecule has 3 rings (SSSR count). The molecule has 1 aromatic carbocycles. The van der Waals surface area contributed by atoms with Crippen LogP contribution in [0.4, 0.5) is 13.2 Å². The number of alkyl halides is 3. The van der Waals surface area contributed by atoms with Crippen LogP contribution in [0.5, 0.6) is 0 Å². The van der Waals surface area contributed by atoms with E-state index < -0.39 is 11.7 Å². The molecule has 7 heteroatoms. The van der Waals surface area contributed by atoms with E-state index in [-0.39, 0.29) is 11.7 Å². The maximum atomic E-state index is 12.7. The average molecular weight is 297 g/mol. The van der Waals surface area contributed by atoms with Crippen molar-refractivity contribution >= 4 is 0 Å². The van der Waals surface area contributed by atoms with Crippen molar-refractivity contribution in [2.45, 2.75) is 24.9 Å². The van der Waals surface area contributed by atoms with Gasteiger partial charge >= 0.3 is 6.18 Å². The summed E-state index contributed by atoms with van der Waals surface area (Å²) >= 11 is 0. The van der Waals surface area contributed by atoms with Crippen molar-refractivity contribution in [3.63, 3.8) is 0 Å². The van der Waals surface area contributed by atoms with Gasteiger partial charge in [-0.15, -0.1) is 0 Å². The number of rotatable bonds is 2. The molecule has 2 aromatic rings. The molecule has 1 atom stereocenters. The molecule has 0 spiro atoms. The molecule has 0 amide bonds. The summed E-state index contributed by atoms with van der Waals surface area (Å²) in [5.74, 6) is 0.807. The standard InChI is InChI=1S/C14H14F3N3O/c15-14(16,17)11-5-1-3-9(7-11)12-19-13(21-20-12)10-4-2-6-18-8-10/h1,3,5,7,10,18H,2,4,6,8H2/t10-/m1/s1. The third kappa shape index (κ3) is 3.07. The topological polar surface area (TPSA) is 51.0 Å². The molecule has 1 fully saturated rings. The molecule has 1 aromatic heterocycles. The number of hydrogen-bond donors (Lipinski definition) is 1. The minimum atomic E-state index is -4.38. The minimum absolute atomic E-state index is 0.130. The number of piperidine rings is 1. The number of halogens is 3. The molecular formula is C14H14F3N3O. The van der Waals surface area contributed by atoms with Gasteiger partial charge in [0, 0.05) is 12.1 Å². The molecule has 1 aliphatic heterocycles. The van der Waals surface area contributed by atoms with Crippen LogP contribution < -0.4 is 5.32 Å². The first-order valence-corrected chi connectivity index (χ1v) is 6.76. The second kappa shape index (κ2) is 5.48. The first kappa shape index (κ1) is 14.1. The Bertz CT molecular complexity index is 618. The summed E-state index contributed by atoms with van der Waals surface area (Å²) in [6.07, 6.45) is -2.42. The zero-order valence-corrected chi connectivity index (χ0v) is 11.2. The van der Waals surface area contributed by atoms with Gasteiger partial charge in [-0.25, -0.2) is 0 Å². The Morgan fingerprint density at radius 2 is 2.14 bits per heavy atom. The summed E-state index contributed by atoms with van der Waals surface area (Å²) in [7, 11) is 0. The second-order valence-corrected chi connectivity index (χ2v) is 5.08. The fourth-order valence-corrected chi connectivity index (χ4v) is 2.42. The van der Waals surface area contributed by atoms with Crippen LogP contribution in [-0.2, 0) is 6.18 Å². The van der Waals surface area contributed by atoms with Crippen LogP contribution >= 0.6 is 0 Å². The van der Waals surface area contributed by atoms with Crippen molar-refractivity contribution in [3.8, 4) is 11.4 Å². The lowest BCUT2D eigenvalue weighted by Gasteiger charge is -2.18. The van der Waals surface area contributed by atoms with Gasteiger partial charge in [-0.2, -0.15) is 18.2 Å². The molecular weight excluding hydrogens is 283 g/mol. The van der Waals surface area contributed by atoms with Crippen molar-refractivity contribution in [2.24, 2.45) is 0 Å². The zero-order chi connectivity index (χ0) is 14.9. The maximum absolute atomic E-state index is 12.7. The van der Waals surface area contributed by atoms with E-state index in [1.807, 2.05) is 0 Å². The summed E-state index contributed by atoms with van der Waals surface area (Å²) in [6, 6.07) is 4.95. The van der Waals surface area contributed by atoms with Crippen molar-refractivity contribution in [1.29, 1.82) is 0 Å². The normalized spacial score (nSPS) is 19.7. The van der Waals surface area contributed by atoms with Crippen molar-refractivity contribution in [1.82, 2.24) is 15.5 Å². The molecule has 2 heterocycles. The molecule has 1 N–H and O–H groups in total. The number of benzene rings is 1. The zero-order valence-electron chi connectivity index (χ0n) is 11.2. The minimum Gasteiger partial charge on any atom is -0.339 e. The fourth-order valence-electron chi connectivity index (χ4n) is 2.42. The predicted molar refractivity (Wildman–Crippen MR) is 69.6 cm³/mol. The van der Waals surface area contributed by atoms with E-state index in [9.17, 15) is 13.2 Å². The predicted octanol–water partition coefficient (Wildman–Crippen LogP) is 3.22. The van der Waals surface area contributed by atoms with Gasteiger partial charge in [0.1, 0.15) is 0 Å². The summed E-state index contributed by atoms with van der Waals surface area (Å²) in [5.41, 5.74) is -0.408. The van der Waals surface area contributed by atoms with Crippen LogP contribution in [0.3, 0.4) is 0 Å². The van der Waals surface area contributed by atoms with Crippen LogP contribution in [-0.4, -0.2) is 23.2 Å². The van der Waals surface area contributed by atoms with Crippen molar-refractivity contribution in [2.75, 3.05) is 13.1 Å². The van der Waals surface area contributed by atoms with Crippen molar-refractivity contribution < 1.29 is 17.7 Å². The summed E-state index contributed by atoms with van der Waals surface area (Å²) in [6.45, 7) is 1.72. The molecule has 0 radical (unpaired) electrons. The maximum Gasteiger partial charge on any atom is 0.416 e. The van der Waals surface area contributed by atoms with Gasteiger partial charge in [-0.05, 0) is 31.5 Å². The number of hydrogen-bond acceptors (Lipinski definition) is 4. The third-order valence-corrected chi connectivity index (χ3v) is 3.54. The molecule has 112 valence electrons. The van der Waals surface area contributed by atoms with Gasteiger partial charge in [0.2, 0.25) is 11.7 Å². The number of nitrogens with zero attached hydrogens (tertiary/aromatic N) is 2. The van der Waals surface area contributed by atoms with Crippen LogP contribution in [0.15, 0.2) is 28.8 Å². The lowest BCUT2D eigenvalue weighted by Crippen LogP contribution is -2.28. The molecule has 4 nitrogen and oxygen atoms in total. The monoisotopic (exact) mass is 297 g/mol. The Kier molecular flexibility index (Phi) is 3.67. The molecule has 21 heavy (non-hydrogen) atoms. The summed E-state index contributed by atoms with van der Waals surface area (Å²) in [4.78, 5) is 4.24. The van der Waals surface area contributed by atoms with Crippen LogP contribution in [0.2, 0.25) is 0 Å². The molecule has 0 bridgehead atoms. The highest BCUT2D eigenvalue weighted by Crippen LogP contribution is 2.32. The fraction of sp³-hybridized carbons (Fsp3) is 0.429. The highest BCUT2D eigenvalue weighted by atomic mass is 19.4. The molecule has 1 aliphatic rings. The van der Waals surface area contributed by atoms with Gasteiger partial charge in [0.25, 0.3) is 0 Å². The number of aromatic nitrogens is 2. The Hall–Kier alpha value is -1.89. The van der Waals surface area contributed by atoms with E-state index in [0.29, 0.717) is 11.5 Å². The van der Waals surface area contributed by atoms with E-state index in [4.69, 9.17) is 4.52 Å². The molecule has 0 unspecified atom stereocenters. The lowest BCUT2D eigenvalue weighted by molar-refractivity contribution is -0.137. The second-order valence-electron chi connectivity index (χ2n) is 5.08. The van der Waals surface area contributed by atoms with Gasteiger partial charge < -0.3 is 9.84 Å². The van der Waals surface area contributed by atoms with E-state index in [0.717, 1.165) is 38.1 Å². The lowest BCUT2D eigenvalue weighted by atomic mass is 10.00. The van der Waals surface area contributed by atoms with Gasteiger partial charge in [0.15, 0.2) is 0 Å². The van der Waals surface area contributed by atoms with Crippen LogP contribution in [0.25, 0.3) is 11.4 Å². The smallest absolute Gasteiger partial charge is 0.339 e. The molecule has 0 saturated carbocycles. The largest absolute Gasteiger partial charge is 0.416 e. The summed E-state index contributed by atoms with van der Waals surface area (Å²) < 4.78 is 43.3. The number of nitrogens with one attached hydrogen (secondary N) is 1. The van der Waals surface area contributed by atoms with Gasteiger partial charge in [-0.1, -0.05) is 17.3 Å². The van der Waals surface area contributed by atoms with Gasteiger partial charge in [0.05, 0.1) is 11.5 Å². The van der Waals surface area contributed by atoms with Gasteiger partial charge in [-0.3, -0.25) is 0 Å². The van der Waals surface area contributed by atoms with Crippen molar-refractivity contribution in [3.05, 3.63) is 35.7 Å². The Morgan fingerprint density at radius 1 is 1.29 bits per heavy atom. The highest BCUT2D eigenvalue weighted by Gasteiger charge is 2.31. The van der Waals surface area contributed by atoms with E-state index in [1.54, 1.807) is 6.07 Å². The van der Waals surface area contributed by atoms with Crippen LogP contribution in [0, 0.1) is 0 Å². The Balaban J connectivity index is 1.86. The van der Waals surface area contributed by atoms with E-state index in [1.165, 1.54) is 6.07 Å². The molecule has 1 saturated heterocycles. The quantitative estimate of drug-likeness (QED) is 0.924. The SMILES string of the molecule is FC(F)(F)c1cccc(-c2noc([C@@H]3CCCNC3)n2)c1. The summed E-state index contributed by atoms with van der Waals surface area (Å²) in [5, 5.41) is 7.04. The average Bonchev–Trinajstić information content (AvgIpc) is 2.97.